The minimum Gasteiger partial charge on any atom is -0.469 e. The molecule has 0 amide bonds. The van der Waals surface area contributed by atoms with Crippen LogP contribution in [-0.4, -0.2) is 16.5 Å². The van der Waals surface area contributed by atoms with E-state index in [1.807, 2.05) is 12.1 Å². The van der Waals surface area contributed by atoms with Gasteiger partial charge in [-0.3, -0.25) is 4.79 Å². The number of rotatable bonds is 1. The van der Waals surface area contributed by atoms with E-state index in [0.29, 0.717) is 5.78 Å². The summed E-state index contributed by atoms with van der Waals surface area (Å²) in [6.45, 7) is 0. The summed E-state index contributed by atoms with van der Waals surface area (Å²) in [4.78, 5) is 12.8. The third-order valence-electron chi connectivity index (χ3n) is 6.04. The molecule has 3 aliphatic rings. The standard InChI is InChI=1S/C17H22O3/c18-16-11-5-3-7-13(16)17(19)9-2-1-6-12(17)15(11)14-8-4-10-20-14/h4,8,10-13,15,19H,1-3,5-7,9H2/t11-,12+,13+,15-,17-/m0/s1. The van der Waals surface area contributed by atoms with Crippen LogP contribution in [0.4, 0.5) is 0 Å². The van der Waals surface area contributed by atoms with Gasteiger partial charge in [0.1, 0.15) is 11.5 Å². The predicted octanol–water partition coefficient (Wildman–Crippen LogP) is 3.28. The Morgan fingerprint density at radius 2 is 2.10 bits per heavy atom. The molecular weight excluding hydrogens is 252 g/mol. The van der Waals surface area contributed by atoms with Crippen molar-refractivity contribution >= 4 is 5.78 Å². The normalized spacial score (nSPS) is 44.1. The average Bonchev–Trinajstić information content (AvgIpc) is 2.95. The van der Waals surface area contributed by atoms with Crippen LogP contribution < -0.4 is 0 Å². The average molecular weight is 274 g/mol. The smallest absolute Gasteiger partial charge is 0.142 e. The van der Waals surface area contributed by atoms with E-state index in [4.69, 9.17) is 4.42 Å². The van der Waals surface area contributed by atoms with Crippen LogP contribution in [-0.2, 0) is 4.79 Å². The maximum atomic E-state index is 12.8. The lowest BCUT2D eigenvalue weighted by Gasteiger charge is -2.55. The largest absolute Gasteiger partial charge is 0.469 e. The van der Waals surface area contributed by atoms with Gasteiger partial charge in [-0.05, 0) is 43.7 Å². The van der Waals surface area contributed by atoms with E-state index in [0.717, 1.165) is 50.7 Å². The predicted molar refractivity (Wildman–Crippen MR) is 74.2 cm³/mol. The molecule has 108 valence electrons. The Labute approximate surface area is 119 Å². The van der Waals surface area contributed by atoms with Crippen molar-refractivity contribution < 1.29 is 14.3 Å². The van der Waals surface area contributed by atoms with Crippen LogP contribution in [0.25, 0.3) is 0 Å². The molecule has 1 aromatic rings. The molecular formula is C17H22O3. The Morgan fingerprint density at radius 1 is 1.20 bits per heavy atom. The van der Waals surface area contributed by atoms with E-state index in [1.54, 1.807) is 6.26 Å². The van der Waals surface area contributed by atoms with Gasteiger partial charge < -0.3 is 9.52 Å². The second-order valence-electron chi connectivity index (χ2n) is 6.88. The van der Waals surface area contributed by atoms with Crippen LogP contribution in [0.15, 0.2) is 22.8 Å². The van der Waals surface area contributed by atoms with Crippen LogP contribution in [0.1, 0.15) is 56.6 Å². The van der Waals surface area contributed by atoms with Crippen molar-refractivity contribution in [1.29, 1.82) is 0 Å². The third-order valence-corrected chi connectivity index (χ3v) is 6.04. The highest BCUT2D eigenvalue weighted by atomic mass is 16.3. The molecule has 0 unspecified atom stereocenters. The maximum absolute atomic E-state index is 12.8. The third kappa shape index (κ3) is 1.59. The van der Waals surface area contributed by atoms with Crippen LogP contribution in [0, 0.1) is 17.8 Å². The van der Waals surface area contributed by atoms with Crippen LogP contribution in [0.3, 0.4) is 0 Å². The van der Waals surface area contributed by atoms with Gasteiger partial charge in [0.25, 0.3) is 0 Å². The van der Waals surface area contributed by atoms with Gasteiger partial charge in [-0.2, -0.15) is 0 Å². The van der Waals surface area contributed by atoms with Gasteiger partial charge in [0, 0.05) is 17.8 Å². The maximum Gasteiger partial charge on any atom is 0.142 e. The fourth-order valence-electron chi connectivity index (χ4n) is 5.23. The summed E-state index contributed by atoms with van der Waals surface area (Å²) >= 11 is 0. The second kappa shape index (κ2) is 4.45. The number of fused-ring (bicyclic) bond motifs is 4. The Bertz CT molecular complexity index is 506. The Kier molecular flexibility index (Phi) is 2.81. The lowest BCUT2D eigenvalue weighted by Crippen LogP contribution is -2.60. The molecule has 3 fully saturated rings. The van der Waals surface area contributed by atoms with Crippen molar-refractivity contribution in [1.82, 2.24) is 0 Å². The first kappa shape index (κ1) is 12.6. The summed E-state index contributed by atoms with van der Waals surface area (Å²) in [5.74, 6) is 1.48. The SMILES string of the molecule is O=C1[C@H]2CCC[C@H]1[C@]1(O)CCCC[C@@H]1[C@H]2c1ccco1. The number of carbonyl (C=O) groups excluding carboxylic acids is 1. The molecule has 1 N–H and O–H groups in total. The summed E-state index contributed by atoms with van der Waals surface area (Å²) < 4.78 is 5.64. The molecule has 0 radical (unpaired) electrons. The van der Waals surface area contributed by atoms with Gasteiger partial charge in [-0.1, -0.05) is 19.3 Å². The molecule has 0 aliphatic heterocycles. The molecule has 4 rings (SSSR count). The molecule has 20 heavy (non-hydrogen) atoms. The molecule has 2 bridgehead atoms. The summed E-state index contributed by atoms with van der Waals surface area (Å²) in [5, 5.41) is 11.3. The first-order valence-corrected chi connectivity index (χ1v) is 8.01. The Hall–Kier alpha value is -1.09. The number of furan rings is 1. The van der Waals surface area contributed by atoms with Crippen molar-refractivity contribution in [3.63, 3.8) is 0 Å². The summed E-state index contributed by atoms with van der Waals surface area (Å²) in [6.07, 6.45) is 8.63. The van der Waals surface area contributed by atoms with Gasteiger partial charge in [-0.15, -0.1) is 0 Å². The number of ketones is 1. The van der Waals surface area contributed by atoms with Gasteiger partial charge in [0.15, 0.2) is 0 Å². The van der Waals surface area contributed by atoms with Crippen molar-refractivity contribution in [3.8, 4) is 0 Å². The fourth-order valence-corrected chi connectivity index (χ4v) is 5.23. The van der Waals surface area contributed by atoms with Crippen LogP contribution in [0.5, 0.6) is 0 Å². The van der Waals surface area contributed by atoms with E-state index in [9.17, 15) is 9.90 Å². The lowest BCUT2D eigenvalue weighted by molar-refractivity contribution is -0.174. The second-order valence-corrected chi connectivity index (χ2v) is 6.88. The van der Waals surface area contributed by atoms with Gasteiger partial charge in [-0.25, -0.2) is 0 Å². The van der Waals surface area contributed by atoms with Crippen molar-refractivity contribution in [2.75, 3.05) is 0 Å². The van der Waals surface area contributed by atoms with Crippen LogP contribution >= 0.6 is 0 Å². The zero-order valence-electron chi connectivity index (χ0n) is 11.8. The molecule has 1 heterocycles. The molecule has 0 saturated heterocycles. The van der Waals surface area contributed by atoms with Crippen LogP contribution in [0.2, 0.25) is 0 Å². The molecule has 1 aromatic heterocycles. The molecule has 5 atom stereocenters. The molecule has 3 nitrogen and oxygen atoms in total. The fraction of sp³-hybridized carbons (Fsp3) is 0.706. The van der Waals surface area contributed by atoms with E-state index in [1.165, 1.54) is 0 Å². The summed E-state index contributed by atoms with van der Waals surface area (Å²) in [5.41, 5.74) is -0.774. The number of hydrogen-bond acceptors (Lipinski definition) is 3. The highest BCUT2D eigenvalue weighted by Crippen LogP contribution is 2.58. The van der Waals surface area contributed by atoms with Gasteiger partial charge in [0.05, 0.1) is 11.9 Å². The topological polar surface area (TPSA) is 50.4 Å². The molecule has 3 heteroatoms. The molecule has 3 saturated carbocycles. The number of hydrogen-bond donors (Lipinski definition) is 1. The van der Waals surface area contributed by atoms with E-state index in [-0.39, 0.29) is 23.7 Å². The number of Topliss-reactive ketones (excluding diaryl/α,β-unsaturated/α-hetero) is 1. The van der Waals surface area contributed by atoms with Crippen molar-refractivity contribution in [2.24, 2.45) is 17.8 Å². The molecule has 3 aliphatic carbocycles. The first-order chi connectivity index (χ1) is 9.72. The summed E-state index contributed by atoms with van der Waals surface area (Å²) in [6, 6.07) is 3.89. The quantitative estimate of drug-likeness (QED) is 0.855. The van der Waals surface area contributed by atoms with Crippen molar-refractivity contribution in [3.05, 3.63) is 24.2 Å². The zero-order valence-corrected chi connectivity index (χ0v) is 11.8. The van der Waals surface area contributed by atoms with Gasteiger partial charge >= 0.3 is 0 Å². The van der Waals surface area contributed by atoms with Crippen molar-refractivity contribution in [2.45, 2.75) is 56.5 Å². The highest BCUT2D eigenvalue weighted by molar-refractivity contribution is 5.87. The number of carbonyl (C=O) groups is 1. The minimum atomic E-state index is -0.774. The van der Waals surface area contributed by atoms with E-state index >= 15 is 0 Å². The minimum absolute atomic E-state index is 0.0725. The van der Waals surface area contributed by atoms with Gasteiger partial charge in [0.2, 0.25) is 0 Å². The lowest BCUT2D eigenvalue weighted by atomic mass is 9.50. The highest BCUT2D eigenvalue weighted by Gasteiger charge is 2.60. The van der Waals surface area contributed by atoms with E-state index < -0.39 is 5.60 Å². The molecule has 0 aromatic carbocycles. The monoisotopic (exact) mass is 274 g/mol. The Balaban J connectivity index is 1.82. The molecule has 0 spiro atoms. The zero-order chi connectivity index (χ0) is 13.7. The first-order valence-electron chi connectivity index (χ1n) is 8.01. The number of aliphatic hydroxyl groups is 1. The van der Waals surface area contributed by atoms with E-state index in [2.05, 4.69) is 0 Å². The summed E-state index contributed by atoms with van der Waals surface area (Å²) in [7, 11) is 0. The Morgan fingerprint density at radius 3 is 2.90 bits per heavy atom.